The summed E-state index contributed by atoms with van der Waals surface area (Å²) >= 11 is 0. The van der Waals surface area contributed by atoms with E-state index in [1.54, 1.807) is 29.9 Å². The molecule has 6 nitrogen and oxygen atoms in total. The first-order valence-corrected chi connectivity index (χ1v) is 5.61. The molecule has 6 heteroatoms. The quantitative estimate of drug-likeness (QED) is 0.665. The van der Waals surface area contributed by atoms with Gasteiger partial charge in [-0.2, -0.15) is 5.10 Å². The molecule has 2 aromatic rings. The molecule has 2 rings (SSSR count). The lowest BCUT2D eigenvalue weighted by Gasteiger charge is -2.01. The Morgan fingerprint density at radius 2 is 2.22 bits per heavy atom. The Bertz CT molecular complexity index is 604. The van der Waals surface area contributed by atoms with Crippen LogP contribution in [0.4, 0.5) is 11.4 Å². The van der Waals surface area contributed by atoms with Crippen LogP contribution in [-0.2, 0) is 6.54 Å². The molecule has 0 radical (unpaired) electrons. The van der Waals surface area contributed by atoms with Crippen molar-refractivity contribution >= 4 is 11.4 Å². The molecule has 1 aromatic heterocycles. The third-order valence-electron chi connectivity index (χ3n) is 2.79. The summed E-state index contributed by atoms with van der Waals surface area (Å²) in [5.74, 6) is 0. The highest BCUT2D eigenvalue weighted by Gasteiger charge is 2.15. The Labute approximate surface area is 104 Å². The summed E-state index contributed by atoms with van der Waals surface area (Å²) in [4.78, 5) is 10.5. The van der Waals surface area contributed by atoms with Gasteiger partial charge in [-0.15, -0.1) is 0 Å². The minimum absolute atomic E-state index is 0.0814. The fourth-order valence-corrected chi connectivity index (χ4v) is 1.78. The van der Waals surface area contributed by atoms with E-state index in [0.29, 0.717) is 29.1 Å². The number of anilines is 1. The van der Waals surface area contributed by atoms with Gasteiger partial charge < -0.3 is 5.73 Å². The summed E-state index contributed by atoms with van der Waals surface area (Å²) in [7, 11) is 0. The van der Waals surface area contributed by atoms with Crippen LogP contribution in [0.3, 0.4) is 0 Å². The van der Waals surface area contributed by atoms with E-state index in [0.717, 1.165) is 0 Å². The van der Waals surface area contributed by atoms with Crippen LogP contribution >= 0.6 is 0 Å². The second kappa shape index (κ2) is 4.48. The number of aromatic nitrogens is 2. The molecule has 1 heterocycles. The Morgan fingerprint density at radius 1 is 1.50 bits per heavy atom. The maximum Gasteiger partial charge on any atom is 0.272 e. The summed E-state index contributed by atoms with van der Waals surface area (Å²) in [6.07, 6.45) is 1.72. The van der Waals surface area contributed by atoms with Crippen LogP contribution in [0.15, 0.2) is 24.4 Å². The highest BCUT2D eigenvalue weighted by atomic mass is 16.6. The third-order valence-corrected chi connectivity index (χ3v) is 2.79. The Hall–Kier alpha value is -2.37. The fraction of sp³-hybridized carbons (Fsp3) is 0.250. The van der Waals surface area contributed by atoms with E-state index in [-0.39, 0.29) is 5.69 Å². The smallest absolute Gasteiger partial charge is 0.272 e. The number of benzene rings is 1. The zero-order valence-electron chi connectivity index (χ0n) is 10.3. The molecule has 0 spiro atoms. The zero-order chi connectivity index (χ0) is 13.3. The van der Waals surface area contributed by atoms with Crippen LogP contribution in [0.25, 0.3) is 11.3 Å². The van der Waals surface area contributed by atoms with E-state index in [1.807, 2.05) is 6.92 Å². The number of nitro benzene ring substituents is 1. The van der Waals surface area contributed by atoms with Gasteiger partial charge in [0.15, 0.2) is 0 Å². The predicted molar refractivity (Wildman–Crippen MR) is 69.1 cm³/mol. The monoisotopic (exact) mass is 246 g/mol. The zero-order valence-corrected chi connectivity index (χ0v) is 10.3. The van der Waals surface area contributed by atoms with Gasteiger partial charge in [0.2, 0.25) is 0 Å². The molecule has 0 saturated carbocycles. The van der Waals surface area contributed by atoms with Gasteiger partial charge in [0.25, 0.3) is 5.69 Å². The number of rotatable bonds is 3. The van der Waals surface area contributed by atoms with Crippen molar-refractivity contribution in [1.29, 1.82) is 0 Å². The van der Waals surface area contributed by atoms with Crippen molar-refractivity contribution in [3.8, 4) is 11.3 Å². The predicted octanol–water partition coefficient (Wildman–Crippen LogP) is 2.37. The van der Waals surface area contributed by atoms with Gasteiger partial charge in [0.1, 0.15) is 5.69 Å². The Morgan fingerprint density at radius 3 is 2.78 bits per heavy atom. The summed E-state index contributed by atoms with van der Waals surface area (Å²) in [5, 5.41) is 15.2. The Kier molecular flexibility index (Phi) is 3.01. The highest BCUT2D eigenvalue weighted by molar-refractivity contribution is 5.74. The van der Waals surface area contributed by atoms with E-state index in [4.69, 9.17) is 5.73 Å². The van der Waals surface area contributed by atoms with E-state index in [9.17, 15) is 10.1 Å². The molecule has 0 bridgehead atoms. The molecule has 1 aromatic carbocycles. The van der Waals surface area contributed by atoms with Crippen LogP contribution in [0.1, 0.15) is 12.5 Å². The van der Waals surface area contributed by atoms with E-state index >= 15 is 0 Å². The standard InChI is InChI=1S/C12H14N4O2/c1-3-15-7-10(13)12(14-15)9-5-4-8(2)11(6-9)16(17)18/h4-7H,3,13H2,1-2H3. The molecular weight excluding hydrogens is 232 g/mol. The van der Waals surface area contributed by atoms with Gasteiger partial charge in [-0.25, -0.2) is 0 Å². The molecule has 18 heavy (non-hydrogen) atoms. The second-order valence-corrected chi connectivity index (χ2v) is 4.05. The molecule has 94 valence electrons. The maximum atomic E-state index is 10.9. The van der Waals surface area contributed by atoms with Crippen molar-refractivity contribution < 1.29 is 4.92 Å². The van der Waals surface area contributed by atoms with E-state index in [2.05, 4.69) is 5.10 Å². The number of hydrogen-bond acceptors (Lipinski definition) is 4. The van der Waals surface area contributed by atoms with Crippen LogP contribution in [0, 0.1) is 17.0 Å². The summed E-state index contributed by atoms with van der Waals surface area (Å²) in [6, 6.07) is 5.01. The lowest BCUT2D eigenvalue weighted by Crippen LogP contribution is -1.95. The lowest BCUT2D eigenvalue weighted by molar-refractivity contribution is -0.385. The molecule has 0 fully saturated rings. The van der Waals surface area contributed by atoms with Gasteiger partial charge in [-0.3, -0.25) is 14.8 Å². The van der Waals surface area contributed by atoms with Gasteiger partial charge in [-0.05, 0) is 13.8 Å². The molecule has 0 amide bonds. The number of nitrogens with two attached hydrogens (primary N) is 1. The second-order valence-electron chi connectivity index (χ2n) is 4.05. The van der Waals surface area contributed by atoms with Crippen LogP contribution in [-0.4, -0.2) is 14.7 Å². The first-order valence-electron chi connectivity index (χ1n) is 5.61. The van der Waals surface area contributed by atoms with Crippen LogP contribution in [0.5, 0.6) is 0 Å². The maximum absolute atomic E-state index is 10.9. The molecule has 2 N–H and O–H groups in total. The molecule has 0 atom stereocenters. The number of nitro groups is 1. The minimum atomic E-state index is -0.397. The molecule has 0 aliphatic heterocycles. The summed E-state index contributed by atoms with van der Waals surface area (Å²) in [6.45, 7) is 4.36. The van der Waals surface area contributed by atoms with Gasteiger partial charge in [0.05, 0.1) is 10.6 Å². The average Bonchev–Trinajstić information content (AvgIpc) is 2.71. The van der Waals surface area contributed by atoms with E-state index in [1.165, 1.54) is 6.07 Å². The van der Waals surface area contributed by atoms with Gasteiger partial charge in [0, 0.05) is 29.9 Å². The van der Waals surface area contributed by atoms with Crippen molar-refractivity contribution in [3.63, 3.8) is 0 Å². The summed E-state index contributed by atoms with van der Waals surface area (Å²) in [5.41, 5.74) is 8.33. The van der Waals surface area contributed by atoms with Crippen molar-refractivity contribution in [2.24, 2.45) is 0 Å². The van der Waals surface area contributed by atoms with Crippen molar-refractivity contribution in [3.05, 3.63) is 40.1 Å². The number of nitrogens with zero attached hydrogens (tertiary/aromatic N) is 3. The lowest BCUT2D eigenvalue weighted by atomic mass is 10.1. The van der Waals surface area contributed by atoms with Crippen molar-refractivity contribution in [2.45, 2.75) is 20.4 Å². The SMILES string of the molecule is CCn1cc(N)c(-c2ccc(C)c([N+](=O)[O-])c2)n1. The summed E-state index contributed by atoms with van der Waals surface area (Å²) < 4.78 is 1.70. The molecule has 0 unspecified atom stereocenters. The van der Waals surface area contributed by atoms with Crippen molar-refractivity contribution in [2.75, 3.05) is 5.73 Å². The minimum Gasteiger partial charge on any atom is -0.396 e. The fourth-order valence-electron chi connectivity index (χ4n) is 1.78. The topological polar surface area (TPSA) is 87.0 Å². The first kappa shape index (κ1) is 12.1. The highest BCUT2D eigenvalue weighted by Crippen LogP contribution is 2.29. The van der Waals surface area contributed by atoms with Crippen molar-refractivity contribution in [1.82, 2.24) is 9.78 Å². The first-order chi connectivity index (χ1) is 8.52. The average molecular weight is 246 g/mol. The van der Waals surface area contributed by atoms with Gasteiger partial charge in [-0.1, -0.05) is 12.1 Å². The number of aryl methyl sites for hydroxylation is 2. The molecular formula is C12H14N4O2. The number of hydrogen-bond donors (Lipinski definition) is 1. The Balaban J connectivity index is 2.53. The molecule has 0 saturated heterocycles. The van der Waals surface area contributed by atoms with Gasteiger partial charge >= 0.3 is 0 Å². The third kappa shape index (κ3) is 2.04. The van der Waals surface area contributed by atoms with Crippen LogP contribution in [0.2, 0.25) is 0 Å². The molecule has 0 aliphatic carbocycles. The molecule has 0 aliphatic rings. The van der Waals surface area contributed by atoms with Crippen LogP contribution < -0.4 is 5.73 Å². The van der Waals surface area contributed by atoms with E-state index < -0.39 is 4.92 Å². The number of nitrogen functional groups attached to an aromatic ring is 1. The normalized spacial score (nSPS) is 10.6. The largest absolute Gasteiger partial charge is 0.396 e.